The molecule has 0 spiro atoms. The van der Waals surface area contributed by atoms with Gasteiger partial charge in [0.25, 0.3) is 0 Å². The summed E-state index contributed by atoms with van der Waals surface area (Å²) in [6, 6.07) is 3.86. The van der Waals surface area contributed by atoms with Crippen molar-refractivity contribution in [2.24, 2.45) is 0 Å². The summed E-state index contributed by atoms with van der Waals surface area (Å²) in [6.45, 7) is 3.31. The zero-order chi connectivity index (χ0) is 12.8. The number of pyridine rings is 1. The van der Waals surface area contributed by atoms with Crippen molar-refractivity contribution in [3.05, 3.63) is 30.1 Å². The minimum absolute atomic E-state index is 0.127. The highest BCUT2D eigenvalue weighted by atomic mass is 16.2. The quantitative estimate of drug-likeness (QED) is 0.707. The summed E-state index contributed by atoms with van der Waals surface area (Å²) in [7, 11) is 0. The van der Waals surface area contributed by atoms with Crippen LogP contribution in [0.4, 0.5) is 4.79 Å². The van der Waals surface area contributed by atoms with Crippen molar-refractivity contribution in [3.63, 3.8) is 0 Å². The van der Waals surface area contributed by atoms with Crippen LogP contribution < -0.4 is 10.6 Å². The number of unbranched alkanes of at least 4 members (excludes halogenated alkanes) is 1. The zero-order valence-corrected chi connectivity index (χ0v) is 10.5. The lowest BCUT2D eigenvalue weighted by molar-refractivity contribution is 0.240. The topological polar surface area (TPSA) is 69.8 Å². The molecule has 0 aliphatic heterocycles. The molecule has 2 aromatic heterocycles. The van der Waals surface area contributed by atoms with Gasteiger partial charge in [0.05, 0.1) is 0 Å². The summed E-state index contributed by atoms with van der Waals surface area (Å²) in [5.41, 5.74) is 1.86. The second kappa shape index (κ2) is 6.05. The minimum Gasteiger partial charge on any atom is -0.346 e. The molecule has 2 heterocycles. The molecule has 96 valence electrons. The van der Waals surface area contributed by atoms with Gasteiger partial charge in [0.15, 0.2) is 0 Å². The van der Waals surface area contributed by atoms with Gasteiger partial charge in [0, 0.05) is 30.9 Å². The third-order valence-electron chi connectivity index (χ3n) is 2.73. The van der Waals surface area contributed by atoms with Gasteiger partial charge in [0.2, 0.25) is 0 Å². The summed E-state index contributed by atoms with van der Waals surface area (Å²) in [5, 5.41) is 6.68. The van der Waals surface area contributed by atoms with Crippen LogP contribution in [0, 0.1) is 0 Å². The van der Waals surface area contributed by atoms with Crippen molar-refractivity contribution in [2.45, 2.75) is 26.3 Å². The molecule has 0 saturated carbocycles. The average Bonchev–Trinajstić information content (AvgIpc) is 2.84. The highest BCUT2D eigenvalue weighted by Gasteiger charge is 2.01. The summed E-state index contributed by atoms with van der Waals surface area (Å²) >= 11 is 0. The van der Waals surface area contributed by atoms with Crippen LogP contribution in [-0.4, -0.2) is 22.5 Å². The van der Waals surface area contributed by atoms with Crippen LogP contribution in [0.1, 0.15) is 25.3 Å². The van der Waals surface area contributed by atoms with Gasteiger partial charge in [-0.05, 0) is 24.1 Å². The maximum atomic E-state index is 11.5. The number of carbonyl (C=O) groups excluding carboxylic acids is 1. The smallest absolute Gasteiger partial charge is 0.315 e. The third kappa shape index (κ3) is 3.23. The van der Waals surface area contributed by atoms with Gasteiger partial charge in [-0.3, -0.25) is 0 Å². The second-order valence-electron chi connectivity index (χ2n) is 4.22. The van der Waals surface area contributed by atoms with E-state index < -0.39 is 0 Å². The van der Waals surface area contributed by atoms with E-state index in [4.69, 9.17) is 0 Å². The number of aromatic amines is 1. The third-order valence-corrected chi connectivity index (χ3v) is 2.73. The summed E-state index contributed by atoms with van der Waals surface area (Å²) < 4.78 is 0. The number of fused-ring (bicyclic) bond motifs is 1. The fraction of sp³-hybridized carbons (Fsp3) is 0.385. The van der Waals surface area contributed by atoms with Gasteiger partial charge >= 0.3 is 6.03 Å². The predicted molar refractivity (Wildman–Crippen MR) is 71.2 cm³/mol. The molecule has 2 rings (SSSR count). The van der Waals surface area contributed by atoms with Crippen LogP contribution in [0.2, 0.25) is 0 Å². The van der Waals surface area contributed by atoms with Crippen LogP contribution in [0.5, 0.6) is 0 Å². The number of carbonyl (C=O) groups is 1. The van der Waals surface area contributed by atoms with E-state index >= 15 is 0 Å². The van der Waals surface area contributed by atoms with Crippen molar-refractivity contribution in [3.8, 4) is 0 Å². The number of H-pyrrole nitrogens is 1. The maximum Gasteiger partial charge on any atom is 0.315 e. The number of urea groups is 1. The Kier molecular flexibility index (Phi) is 4.17. The fourth-order valence-corrected chi connectivity index (χ4v) is 1.71. The fourth-order valence-electron chi connectivity index (χ4n) is 1.71. The molecule has 2 aromatic rings. The van der Waals surface area contributed by atoms with Gasteiger partial charge in [0.1, 0.15) is 5.65 Å². The molecule has 0 atom stereocenters. The molecule has 18 heavy (non-hydrogen) atoms. The lowest BCUT2D eigenvalue weighted by Crippen LogP contribution is -2.35. The Hall–Kier alpha value is -2.04. The number of hydrogen-bond acceptors (Lipinski definition) is 2. The van der Waals surface area contributed by atoms with E-state index in [0.717, 1.165) is 36.0 Å². The Morgan fingerprint density at radius 3 is 3.17 bits per heavy atom. The SMILES string of the molecule is CCCCNC(=O)NCc1cnc2[nH]ccc2c1. The first-order valence-corrected chi connectivity index (χ1v) is 6.23. The summed E-state index contributed by atoms with van der Waals surface area (Å²) in [5.74, 6) is 0. The standard InChI is InChI=1S/C13H18N4O/c1-2-3-5-15-13(18)17-9-10-7-11-4-6-14-12(11)16-8-10/h4,6-8H,2-3,5,9H2,1H3,(H,14,16)(H2,15,17,18). The van der Waals surface area contributed by atoms with Gasteiger partial charge in [-0.1, -0.05) is 13.3 Å². The lowest BCUT2D eigenvalue weighted by atomic mass is 10.2. The Morgan fingerprint density at radius 1 is 1.44 bits per heavy atom. The Morgan fingerprint density at radius 2 is 2.33 bits per heavy atom. The van der Waals surface area contributed by atoms with Gasteiger partial charge in [-0.25, -0.2) is 9.78 Å². The number of rotatable bonds is 5. The Bertz CT molecular complexity index is 520. The molecule has 0 aromatic carbocycles. The minimum atomic E-state index is -0.127. The van der Waals surface area contributed by atoms with E-state index in [9.17, 15) is 4.79 Å². The molecule has 0 aliphatic rings. The monoisotopic (exact) mass is 246 g/mol. The molecular weight excluding hydrogens is 228 g/mol. The van der Waals surface area contributed by atoms with Crippen molar-refractivity contribution < 1.29 is 4.79 Å². The van der Waals surface area contributed by atoms with Crippen LogP contribution in [0.15, 0.2) is 24.5 Å². The molecule has 0 aliphatic carbocycles. The maximum absolute atomic E-state index is 11.5. The molecule has 3 N–H and O–H groups in total. The Labute approximate surface area is 106 Å². The average molecular weight is 246 g/mol. The molecule has 5 heteroatoms. The molecule has 0 radical (unpaired) electrons. The molecule has 0 fully saturated rings. The molecular formula is C13H18N4O. The molecule has 0 bridgehead atoms. The van der Waals surface area contributed by atoms with Crippen LogP contribution in [-0.2, 0) is 6.54 Å². The zero-order valence-electron chi connectivity index (χ0n) is 10.5. The van der Waals surface area contributed by atoms with Gasteiger partial charge < -0.3 is 15.6 Å². The molecule has 0 unspecified atom stereocenters. The summed E-state index contributed by atoms with van der Waals surface area (Å²) in [4.78, 5) is 18.8. The second-order valence-corrected chi connectivity index (χ2v) is 4.22. The van der Waals surface area contributed by atoms with Crippen molar-refractivity contribution >= 4 is 17.1 Å². The normalized spacial score (nSPS) is 10.5. The largest absolute Gasteiger partial charge is 0.346 e. The number of hydrogen-bond donors (Lipinski definition) is 3. The number of nitrogens with zero attached hydrogens (tertiary/aromatic N) is 1. The van der Waals surface area contributed by atoms with Crippen molar-refractivity contribution in [1.29, 1.82) is 0 Å². The van der Waals surface area contributed by atoms with E-state index in [1.807, 2.05) is 18.3 Å². The number of amides is 2. The van der Waals surface area contributed by atoms with Gasteiger partial charge in [-0.15, -0.1) is 0 Å². The highest BCUT2D eigenvalue weighted by molar-refractivity contribution is 5.76. The molecule has 5 nitrogen and oxygen atoms in total. The lowest BCUT2D eigenvalue weighted by Gasteiger charge is -2.06. The molecule has 2 amide bonds. The highest BCUT2D eigenvalue weighted by Crippen LogP contribution is 2.10. The van der Waals surface area contributed by atoms with E-state index in [1.54, 1.807) is 6.20 Å². The van der Waals surface area contributed by atoms with E-state index in [2.05, 4.69) is 27.5 Å². The summed E-state index contributed by atoms with van der Waals surface area (Å²) in [6.07, 6.45) is 5.70. The van der Waals surface area contributed by atoms with Crippen LogP contribution in [0.3, 0.4) is 0 Å². The van der Waals surface area contributed by atoms with E-state index in [1.165, 1.54) is 0 Å². The Balaban J connectivity index is 1.83. The number of aromatic nitrogens is 2. The van der Waals surface area contributed by atoms with Crippen molar-refractivity contribution in [2.75, 3.05) is 6.54 Å². The molecule has 0 saturated heterocycles. The predicted octanol–water partition coefficient (Wildman–Crippen LogP) is 2.16. The number of nitrogens with one attached hydrogen (secondary N) is 3. The van der Waals surface area contributed by atoms with Crippen molar-refractivity contribution in [1.82, 2.24) is 20.6 Å². The van der Waals surface area contributed by atoms with Crippen LogP contribution in [0.25, 0.3) is 11.0 Å². The first kappa shape index (κ1) is 12.4. The van der Waals surface area contributed by atoms with E-state index in [0.29, 0.717) is 6.54 Å². The first-order valence-electron chi connectivity index (χ1n) is 6.23. The van der Waals surface area contributed by atoms with Crippen LogP contribution >= 0.6 is 0 Å². The first-order chi connectivity index (χ1) is 8.79. The van der Waals surface area contributed by atoms with Gasteiger partial charge in [-0.2, -0.15) is 0 Å². The van der Waals surface area contributed by atoms with E-state index in [-0.39, 0.29) is 6.03 Å².